The molecule has 2 aliphatic rings. The van der Waals surface area contributed by atoms with Crippen molar-refractivity contribution in [3.05, 3.63) is 103 Å². The van der Waals surface area contributed by atoms with Crippen LogP contribution in [0.25, 0.3) is 9.30 Å². The molecule has 6 heterocycles. The van der Waals surface area contributed by atoms with E-state index in [9.17, 15) is 58.7 Å². The number of aliphatic hydroxyl groups excluding tert-OH is 2. The van der Waals surface area contributed by atoms with Crippen LogP contribution in [-0.2, 0) is 67.8 Å². The van der Waals surface area contributed by atoms with Gasteiger partial charge in [0.1, 0.15) is 60.9 Å². The summed E-state index contributed by atoms with van der Waals surface area (Å²) >= 11 is 57.2. The number of nitrogens with zero attached hydrogens (tertiary/aromatic N) is 19. The number of aliphatic hydroxyl groups is 2. The topological polar surface area (TPSA) is 429 Å². The standard InChI is InChI=1S/C12H20Cl2N5O4P.C11H18Cl2N3O5P.C7H14Cl3N2OP.C6H14Cl3N2OP.2C6H18NSi2.C5H7N3O3.C4H4N2O4.2Li/c1-16-11(9-15-12(16)19(20)21)10-23-24(22)17(7-3-13)5-2-6-18(24)8-4-14;1-14(7-5-12)22(19,15(2)8-6-13)20-9-10-3-4-11(21-10)16(17)18;8-2-6-11-4-1-5-12(7-3-9)14(11,10)13;1-10(5-3-7)13(9,12)11(2)6-4-8;2*1-8(2,3)7-9(4,5)6;1-7-4(3-9)2-6-5(7)8(10)11;7-2-3-1-5-4(10-3)6(8)9;;/h9H,2-8,10H2,1H3;3-4H,5-9H2,1-2H3;1-7H2;3-6H2,1-2H3;2*1-6H3;2,9H,3H2,1H3;1,7H,2H2;;/q;;;;2*-1;;;2*+1. The third-order valence-electron chi connectivity index (χ3n) is 14.2. The molecular weight excluding hydrogens is 1840 g/mol. The van der Waals surface area contributed by atoms with Gasteiger partial charge in [-0.05, 0) is 84.4 Å². The van der Waals surface area contributed by atoms with Crippen LogP contribution in [0.4, 0.5) is 23.8 Å². The molecule has 0 saturated carbocycles. The second-order valence-electron chi connectivity index (χ2n) is 27.9. The molecule has 0 radical (unpaired) electrons. The van der Waals surface area contributed by atoms with E-state index in [2.05, 4.69) is 97.9 Å². The Kier molecular flexibility index (Phi) is 62.8. The predicted octanol–water partition coefficient (Wildman–Crippen LogP) is 11.0. The summed E-state index contributed by atoms with van der Waals surface area (Å²) in [4.78, 5) is 49.4. The van der Waals surface area contributed by atoms with Crippen LogP contribution in [0, 0.1) is 40.5 Å². The number of nitro groups is 4. The van der Waals surface area contributed by atoms with Gasteiger partial charge in [-0.3, -0.25) is 37.4 Å². The van der Waals surface area contributed by atoms with Gasteiger partial charge in [0.25, 0.3) is 0 Å². The Morgan fingerprint density at radius 2 is 0.877 bits per heavy atom. The van der Waals surface area contributed by atoms with Crippen molar-refractivity contribution in [2.45, 2.75) is 118 Å². The molecule has 114 heavy (non-hydrogen) atoms. The first-order valence-corrected chi connectivity index (χ1v) is 60.6. The first-order valence-electron chi connectivity index (χ1n) is 34.5. The van der Waals surface area contributed by atoms with E-state index in [0.717, 1.165) is 32.1 Å². The Labute approximate surface area is 748 Å². The van der Waals surface area contributed by atoms with Crippen molar-refractivity contribution < 1.29 is 104 Å². The fraction of sp³-hybridized carbons (Fsp3) is 0.772. The van der Waals surface area contributed by atoms with Gasteiger partial charge in [-0.2, -0.15) is 0 Å². The molecule has 57 heteroatoms. The van der Waals surface area contributed by atoms with Crippen LogP contribution in [0.15, 0.2) is 39.6 Å². The maximum absolute atomic E-state index is 13.4. The molecule has 2 saturated heterocycles. The van der Waals surface area contributed by atoms with Gasteiger partial charge in [0.05, 0.1) is 20.2 Å². The molecule has 37 nitrogen and oxygen atoms in total. The molecule has 2 fully saturated rings. The molecular formula is C57H113Cl10Li2N19O18P4Si4. The van der Waals surface area contributed by atoms with E-state index >= 15 is 0 Å². The van der Waals surface area contributed by atoms with Crippen LogP contribution in [0.2, 0.25) is 78.6 Å². The zero-order valence-corrected chi connectivity index (χ0v) is 83.9. The van der Waals surface area contributed by atoms with Crippen molar-refractivity contribution in [1.29, 1.82) is 0 Å². The molecule has 0 spiro atoms. The fourth-order valence-electron chi connectivity index (χ4n) is 9.73. The zero-order valence-electron chi connectivity index (χ0n) is 68.8. The van der Waals surface area contributed by atoms with Crippen molar-refractivity contribution >= 4 is 201 Å². The molecule has 0 aliphatic carbocycles. The Morgan fingerprint density at radius 1 is 0.518 bits per heavy atom. The number of furan rings is 1. The minimum atomic E-state index is -3.35. The number of rotatable bonds is 36. The van der Waals surface area contributed by atoms with E-state index in [-0.39, 0.29) is 99.3 Å². The third-order valence-corrected chi connectivity index (χ3v) is 38.7. The molecule has 0 amide bonds. The smallest absolute Gasteiger partial charge is 0.668 e. The largest absolute Gasteiger partial charge is 1.00 e. The Bertz CT molecular complexity index is 3480. The minimum Gasteiger partial charge on any atom is -0.668 e. The van der Waals surface area contributed by atoms with E-state index in [1.807, 2.05) is 0 Å². The van der Waals surface area contributed by atoms with Crippen molar-refractivity contribution in [1.82, 2.24) is 61.4 Å². The molecule has 0 atom stereocenters. The number of hydrogen-bond acceptors (Lipinski definition) is 21. The van der Waals surface area contributed by atoms with Crippen LogP contribution >= 0.6 is 144 Å². The summed E-state index contributed by atoms with van der Waals surface area (Å²) in [5.41, 5.74) is 0.899. The van der Waals surface area contributed by atoms with E-state index in [0.29, 0.717) is 112 Å². The van der Waals surface area contributed by atoms with E-state index in [1.165, 1.54) is 57.1 Å². The van der Waals surface area contributed by atoms with Crippen LogP contribution in [-0.4, -0.2) is 278 Å². The third kappa shape index (κ3) is 46.5. The van der Waals surface area contributed by atoms with Gasteiger partial charge in [0.15, 0.2) is 12.0 Å². The van der Waals surface area contributed by atoms with Gasteiger partial charge >= 0.3 is 90.4 Å². The summed E-state index contributed by atoms with van der Waals surface area (Å²) < 4.78 is 96.6. The predicted molar refractivity (Wildman–Crippen MR) is 464 cm³/mol. The van der Waals surface area contributed by atoms with Crippen molar-refractivity contribution in [2.24, 2.45) is 14.1 Å². The Balaban J connectivity index is -0.000000622. The second-order valence-corrected chi connectivity index (χ2v) is 62.0. The SMILES string of the molecule is CN(CCCl)P(=O)(Cl)N(C)CCCl.CN(CCCl)P(=O)(OCc1ccc([N+](=O)[O-])o1)N(C)CCCl.C[Si](C)(C)[N-][Si](C)(C)C.C[Si](C)(C)[N-][Si](C)(C)C.Cn1c(CO)cnc1[N+](=O)[O-].Cn1c(COP2(=O)N(CCCl)CCCN2CCCl)cnc1[N+](=O)[O-].O=P1(Cl)N(CCCl)CCCN1CCCl.O=[N+]([O-])c1ncc(CO)o1.[Li+].[Li+]. The molecule has 6 rings (SSSR count). The zero-order chi connectivity index (χ0) is 87.0. The van der Waals surface area contributed by atoms with Gasteiger partial charge in [0.2, 0.25) is 0 Å². The molecule has 4 aromatic heterocycles. The quantitative estimate of drug-likeness (QED) is 0.0140. The van der Waals surface area contributed by atoms with E-state index in [4.69, 9.17) is 148 Å². The summed E-state index contributed by atoms with van der Waals surface area (Å²) in [6.07, 6.45) is 5.55. The molecule has 2 aliphatic heterocycles. The average Bonchev–Trinajstić information content (AvgIpc) is 1.06. The van der Waals surface area contributed by atoms with Crippen molar-refractivity contribution in [2.75, 3.05) is 154 Å². The van der Waals surface area contributed by atoms with Crippen LogP contribution in [0.1, 0.15) is 35.7 Å². The number of hydrogen-bond donors (Lipinski definition) is 2. The van der Waals surface area contributed by atoms with Gasteiger partial charge in [-0.1, -0.05) is 121 Å². The first kappa shape index (κ1) is 120. The first-order chi connectivity index (χ1) is 51.7. The van der Waals surface area contributed by atoms with E-state index < -0.39 is 93.5 Å². The number of alkyl halides is 8. The summed E-state index contributed by atoms with van der Waals surface area (Å²) in [5, 5.41) is 58.5. The fourth-order valence-corrected chi connectivity index (χ4v) is 37.4. The number of aromatic nitrogens is 5. The normalized spacial score (nSPS) is 14.8. The maximum Gasteiger partial charge on any atom is 1.00 e. The molecule has 0 unspecified atom stereocenters. The molecule has 652 valence electrons. The molecule has 4 aromatic rings. The second kappa shape index (κ2) is 59.6. The van der Waals surface area contributed by atoms with Crippen molar-refractivity contribution in [3.8, 4) is 0 Å². The van der Waals surface area contributed by atoms with Gasteiger partial charge in [-0.25, -0.2) is 46.5 Å². The molecule has 0 bridgehead atoms. The van der Waals surface area contributed by atoms with E-state index in [1.54, 1.807) is 56.2 Å². The summed E-state index contributed by atoms with van der Waals surface area (Å²) in [6, 6.07) is 2.03. The van der Waals surface area contributed by atoms with Crippen LogP contribution < -0.4 is 37.7 Å². The van der Waals surface area contributed by atoms with Gasteiger partial charge in [0, 0.05) is 131 Å². The summed E-state index contributed by atoms with van der Waals surface area (Å²) in [6.45, 7) is 27.4. The Morgan fingerprint density at radius 3 is 1.16 bits per heavy atom. The van der Waals surface area contributed by atoms with Crippen LogP contribution in [0.5, 0.6) is 0 Å². The monoisotopic (exact) mass is 1950 g/mol. The van der Waals surface area contributed by atoms with Gasteiger partial charge < -0.3 is 58.7 Å². The van der Waals surface area contributed by atoms with Gasteiger partial charge in [-0.15, -0.1) is 92.8 Å². The number of oxazole rings is 1. The molecule has 0 aromatic carbocycles. The number of imidazole rings is 2. The summed E-state index contributed by atoms with van der Waals surface area (Å²) in [7, 11) is -1.44. The minimum absolute atomic E-state index is 0. The van der Waals surface area contributed by atoms with Crippen LogP contribution in [0.3, 0.4) is 0 Å². The van der Waals surface area contributed by atoms with Crippen molar-refractivity contribution in [3.63, 3.8) is 0 Å². The summed E-state index contributed by atoms with van der Waals surface area (Å²) in [5.74, 6) is 2.31. The molecule has 2 N–H and O–H groups in total. The number of halogens is 10. The Hall–Kier alpha value is -0.168. The average molecular weight is 1960 g/mol. The maximum atomic E-state index is 13.4.